The maximum Gasteiger partial charge on any atom is 0.124 e. The highest BCUT2D eigenvalue weighted by Gasteiger charge is 2.08. The second-order valence-corrected chi connectivity index (χ2v) is 4.14. The van der Waals surface area contributed by atoms with E-state index in [0.29, 0.717) is 18.7 Å². The Bertz CT molecular complexity index is 398. The number of thiocarbonyl (C=S) groups is 1. The van der Waals surface area contributed by atoms with Crippen LogP contribution in [0.25, 0.3) is 0 Å². The molecule has 3 N–H and O–H groups in total. The summed E-state index contributed by atoms with van der Waals surface area (Å²) < 4.78 is 18.4. The van der Waals surface area contributed by atoms with E-state index < -0.39 is 0 Å². The molecule has 17 heavy (non-hydrogen) atoms. The maximum absolute atomic E-state index is 13.1. The lowest BCUT2D eigenvalue weighted by atomic mass is 10.1. The van der Waals surface area contributed by atoms with Gasteiger partial charge in [0.05, 0.1) is 6.10 Å². The molecule has 1 aromatic carbocycles. The Hall–Kier alpha value is -1.20. The van der Waals surface area contributed by atoms with Crippen molar-refractivity contribution in [3.05, 3.63) is 29.6 Å². The fourth-order valence-electron chi connectivity index (χ4n) is 1.47. The van der Waals surface area contributed by atoms with Crippen LogP contribution in [0.15, 0.2) is 18.2 Å². The van der Waals surface area contributed by atoms with Crippen LogP contribution in [0.5, 0.6) is 0 Å². The molecule has 5 heteroatoms. The van der Waals surface area contributed by atoms with Crippen LogP contribution in [0.2, 0.25) is 0 Å². The fourth-order valence-corrected chi connectivity index (χ4v) is 1.64. The molecule has 94 valence electrons. The Morgan fingerprint density at radius 2 is 2.29 bits per heavy atom. The van der Waals surface area contributed by atoms with Gasteiger partial charge in [0.15, 0.2) is 0 Å². The predicted octanol–water partition coefficient (Wildman–Crippen LogP) is 2.30. The zero-order chi connectivity index (χ0) is 12.8. The third kappa shape index (κ3) is 4.28. The topological polar surface area (TPSA) is 47.3 Å². The molecule has 0 aliphatic rings. The highest BCUT2D eigenvalue weighted by molar-refractivity contribution is 7.80. The molecule has 0 heterocycles. The molecule has 0 aliphatic carbocycles. The Morgan fingerprint density at radius 1 is 1.59 bits per heavy atom. The van der Waals surface area contributed by atoms with Crippen LogP contribution in [0.3, 0.4) is 0 Å². The van der Waals surface area contributed by atoms with Gasteiger partial charge in [-0.15, -0.1) is 0 Å². The molecule has 0 aliphatic heterocycles. The average molecular weight is 256 g/mol. The van der Waals surface area contributed by atoms with Crippen LogP contribution < -0.4 is 11.1 Å². The summed E-state index contributed by atoms with van der Waals surface area (Å²) in [7, 11) is 0. The molecule has 0 radical (unpaired) electrons. The van der Waals surface area contributed by atoms with Crippen molar-refractivity contribution in [2.24, 2.45) is 5.73 Å². The van der Waals surface area contributed by atoms with Crippen molar-refractivity contribution in [3.8, 4) is 0 Å². The number of hydrogen-bond acceptors (Lipinski definition) is 3. The van der Waals surface area contributed by atoms with Crippen molar-refractivity contribution in [1.29, 1.82) is 0 Å². The summed E-state index contributed by atoms with van der Waals surface area (Å²) in [5, 5.41) is 3.15. The van der Waals surface area contributed by atoms with Crippen molar-refractivity contribution in [2.75, 3.05) is 18.5 Å². The molecule has 1 unspecified atom stereocenters. The number of anilines is 1. The molecule has 1 atom stereocenters. The standard InChI is InChI=1S/C12H17FN2OS/c1-3-16-8(2)7-15-11-5-4-9(13)6-10(11)12(14)17/h4-6,8,15H,3,7H2,1-2H3,(H2,14,17). The fraction of sp³-hybridized carbons (Fsp3) is 0.417. The zero-order valence-corrected chi connectivity index (χ0v) is 10.8. The van der Waals surface area contributed by atoms with Gasteiger partial charge in [-0.3, -0.25) is 0 Å². The maximum atomic E-state index is 13.1. The molecule has 1 aromatic rings. The molecule has 0 spiro atoms. The summed E-state index contributed by atoms with van der Waals surface area (Å²) in [6.45, 7) is 5.18. The first-order chi connectivity index (χ1) is 8.04. The molecule has 1 rings (SSSR count). The minimum Gasteiger partial charge on any atom is -0.389 e. The largest absolute Gasteiger partial charge is 0.389 e. The smallest absolute Gasteiger partial charge is 0.124 e. The van der Waals surface area contributed by atoms with E-state index in [2.05, 4.69) is 5.32 Å². The summed E-state index contributed by atoms with van der Waals surface area (Å²) >= 11 is 4.88. The number of hydrogen-bond donors (Lipinski definition) is 2. The molecule has 0 saturated heterocycles. The second-order valence-electron chi connectivity index (χ2n) is 3.70. The van der Waals surface area contributed by atoms with Gasteiger partial charge in [0.25, 0.3) is 0 Å². The van der Waals surface area contributed by atoms with Gasteiger partial charge < -0.3 is 15.8 Å². The van der Waals surface area contributed by atoms with E-state index in [1.807, 2.05) is 13.8 Å². The van der Waals surface area contributed by atoms with Crippen molar-refractivity contribution in [2.45, 2.75) is 20.0 Å². The number of halogens is 1. The first-order valence-electron chi connectivity index (χ1n) is 5.49. The first-order valence-corrected chi connectivity index (χ1v) is 5.90. The molecule has 0 saturated carbocycles. The van der Waals surface area contributed by atoms with E-state index in [9.17, 15) is 4.39 Å². The highest BCUT2D eigenvalue weighted by atomic mass is 32.1. The highest BCUT2D eigenvalue weighted by Crippen LogP contribution is 2.17. The van der Waals surface area contributed by atoms with Crippen LogP contribution in [0, 0.1) is 5.82 Å². The molecular weight excluding hydrogens is 239 g/mol. The van der Waals surface area contributed by atoms with Crippen LogP contribution in [-0.2, 0) is 4.74 Å². The lowest BCUT2D eigenvalue weighted by Gasteiger charge is -2.15. The Balaban J connectivity index is 2.73. The van der Waals surface area contributed by atoms with Crippen molar-refractivity contribution in [3.63, 3.8) is 0 Å². The van der Waals surface area contributed by atoms with E-state index in [4.69, 9.17) is 22.7 Å². The van der Waals surface area contributed by atoms with Crippen molar-refractivity contribution in [1.82, 2.24) is 0 Å². The van der Waals surface area contributed by atoms with Crippen molar-refractivity contribution >= 4 is 22.9 Å². The third-order valence-electron chi connectivity index (χ3n) is 2.28. The van der Waals surface area contributed by atoms with E-state index in [0.717, 1.165) is 5.69 Å². The number of nitrogens with one attached hydrogen (secondary N) is 1. The Labute approximate surface area is 106 Å². The van der Waals surface area contributed by atoms with Gasteiger partial charge in [0.1, 0.15) is 10.8 Å². The van der Waals surface area contributed by atoms with E-state index in [-0.39, 0.29) is 16.9 Å². The molecule has 0 amide bonds. The summed E-state index contributed by atoms with van der Waals surface area (Å²) in [6, 6.07) is 4.33. The lowest BCUT2D eigenvalue weighted by molar-refractivity contribution is 0.0855. The van der Waals surface area contributed by atoms with E-state index in [1.54, 1.807) is 6.07 Å². The molecule has 0 fully saturated rings. The van der Waals surface area contributed by atoms with Crippen LogP contribution >= 0.6 is 12.2 Å². The summed E-state index contributed by atoms with van der Waals surface area (Å²) in [5.41, 5.74) is 6.79. The van der Waals surface area contributed by atoms with Crippen LogP contribution in [0.1, 0.15) is 19.4 Å². The van der Waals surface area contributed by atoms with Crippen LogP contribution in [0.4, 0.5) is 10.1 Å². The van der Waals surface area contributed by atoms with Gasteiger partial charge in [-0.05, 0) is 32.0 Å². The summed E-state index contributed by atoms with van der Waals surface area (Å²) in [6.07, 6.45) is 0.0734. The van der Waals surface area contributed by atoms with Gasteiger partial charge in [-0.25, -0.2) is 4.39 Å². The van der Waals surface area contributed by atoms with Gasteiger partial charge in [0.2, 0.25) is 0 Å². The first kappa shape index (κ1) is 13.9. The molecular formula is C12H17FN2OS. The minimum atomic E-state index is -0.351. The lowest BCUT2D eigenvalue weighted by Crippen LogP contribution is -2.22. The van der Waals surface area contributed by atoms with Gasteiger partial charge >= 0.3 is 0 Å². The minimum absolute atomic E-state index is 0.0734. The van der Waals surface area contributed by atoms with Crippen LogP contribution in [-0.4, -0.2) is 24.2 Å². The Kier molecular flexibility index (Phi) is 5.31. The number of ether oxygens (including phenoxy) is 1. The third-order valence-corrected chi connectivity index (χ3v) is 2.50. The Morgan fingerprint density at radius 3 is 2.88 bits per heavy atom. The quantitative estimate of drug-likeness (QED) is 0.767. The zero-order valence-electron chi connectivity index (χ0n) is 10.00. The SMILES string of the molecule is CCOC(C)CNc1ccc(F)cc1C(N)=S. The van der Waals surface area contributed by atoms with Gasteiger partial charge in [0, 0.05) is 24.4 Å². The average Bonchev–Trinajstić information content (AvgIpc) is 2.27. The van der Waals surface area contributed by atoms with E-state index >= 15 is 0 Å². The second kappa shape index (κ2) is 6.51. The number of benzene rings is 1. The summed E-state index contributed by atoms with van der Waals surface area (Å²) in [4.78, 5) is 0.177. The summed E-state index contributed by atoms with van der Waals surface area (Å²) in [5.74, 6) is -0.351. The van der Waals surface area contributed by atoms with Crippen molar-refractivity contribution < 1.29 is 9.13 Å². The molecule has 0 bridgehead atoms. The predicted molar refractivity (Wildman–Crippen MR) is 71.9 cm³/mol. The van der Waals surface area contributed by atoms with Gasteiger partial charge in [-0.2, -0.15) is 0 Å². The van der Waals surface area contributed by atoms with Gasteiger partial charge in [-0.1, -0.05) is 12.2 Å². The monoisotopic (exact) mass is 256 g/mol. The number of rotatable bonds is 6. The normalized spacial score (nSPS) is 12.2. The van der Waals surface area contributed by atoms with E-state index in [1.165, 1.54) is 12.1 Å². The number of nitrogens with two attached hydrogens (primary N) is 1. The molecule has 0 aromatic heterocycles. The molecule has 3 nitrogen and oxygen atoms in total.